The molecule has 2 rings (SSSR count). The summed E-state index contributed by atoms with van der Waals surface area (Å²) in [5, 5.41) is 2.97. The number of methoxy groups -OCH3 is 1. The van der Waals surface area contributed by atoms with Crippen LogP contribution in [0.5, 0.6) is 5.75 Å². The van der Waals surface area contributed by atoms with E-state index in [0.29, 0.717) is 24.2 Å². The number of fused-ring (bicyclic) bond motifs is 1. The first-order valence-corrected chi connectivity index (χ1v) is 4.37. The first-order valence-electron chi connectivity index (χ1n) is 4.37. The normalized spacial score (nSPS) is 14.6. The van der Waals surface area contributed by atoms with Gasteiger partial charge in [0, 0.05) is 30.3 Å². The van der Waals surface area contributed by atoms with Gasteiger partial charge in [0.2, 0.25) is 0 Å². The smallest absolute Gasteiger partial charge is 0.167 e. The van der Waals surface area contributed by atoms with Crippen LogP contribution in [0.15, 0.2) is 12.1 Å². The van der Waals surface area contributed by atoms with Crippen LogP contribution in [0.4, 0.5) is 10.1 Å². The molecule has 74 valence electrons. The van der Waals surface area contributed by atoms with Gasteiger partial charge in [0.15, 0.2) is 17.3 Å². The molecule has 1 aliphatic rings. The first kappa shape index (κ1) is 8.99. The molecule has 1 aliphatic heterocycles. The molecule has 4 heteroatoms. The Morgan fingerprint density at radius 2 is 2.29 bits per heavy atom. The zero-order valence-corrected chi connectivity index (χ0v) is 7.76. The van der Waals surface area contributed by atoms with E-state index in [1.54, 1.807) is 0 Å². The SMILES string of the molecule is COc1cc2c(cc1F)NCCC2=O. The van der Waals surface area contributed by atoms with Crippen molar-refractivity contribution in [3.63, 3.8) is 0 Å². The van der Waals surface area contributed by atoms with Crippen LogP contribution in [0, 0.1) is 5.82 Å². The van der Waals surface area contributed by atoms with Crippen LogP contribution in [0.25, 0.3) is 0 Å². The van der Waals surface area contributed by atoms with Gasteiger partial charge in [-0.25, -0.2) is 4.39 Å². The van der Waals surface area contributed by atoms with Crippen molar-refractivity contribution in [1.82, 2.24) is 0 Å². The van der Waals surface area contributed by atoms with Crippen LogP contribution >= 0.6 is 0 Å². The van der Waals surface area contributed by atoms with Gasteiger partial charge in [-0.1, -0.05) is 0 Å². The summed E-state index contributed by atoms with van der Waals surface area (Å²) in [6, 6.07) is 2.74. The highest BCUT2D eigenvalue weighted by atomic mass is 19.1. The van der Waals surface area contributed by atoms with Crippen LogP contribution in [0.3, 0.4) is 0 Å². The summed E-state index contributed by atoms with van der Waals surface area (Å²) in [5.74, 6) is -0.314. The molecule has 0 radical (unpaired) electrons. The maximum atomic E-state index is 13.2. The van der Waals surface area contributed by atoms with E-state index in [0.717, 1.165) is 0 Å². The molecule has 0 unspecified atom stereocenters. The predicted molar refractivity (Wildman–Crippen MR) is 50.4 cm³/mol. The molecule has 14 heavy (non-hydrogen) atoms. The average Bonchev–Trinajstić information content (AvgIpc) is 2.17. The van der Waals surface area contributed by atoms with Crippen LogP contribution in [0.2, 0.25) is 0 Å². The van der Waals surface area contributed by atoms with E-state index in [-0.39, 0.29) is 11.5 Å². The fraction of sp³-hybridized carbons (Fsp3) is 0.300. The molecule has 3 nitrogen and oxygen atoms in total. The molecule has 0 bridgehead atoms. The Balaban J connectivity index is 2.54. The molecular formula is C10H10FNO2. The number of nitrogens with one attached hydrogen (secondary N) is 1. The number of carbonyl (C=O) groups is 1. The van der Waals surface area contributed by atoms with Crippen LogP contribution in [-0.2, 0) is 0 Å². The molecule has 0 fully saturated rings. The maximum Gasteiger partial charge on any atom is 0.167 e. The number of hydrogen-bond acceptors (Lipinski definition) is 3. The lowest BCUT2D eigenvalue weighted by Gasteiger charge is -2.17. The van der Waals surface area contributed by atoms with E-state index < -0.39 is 5.82 Å². The lowest BCUT2D eigenvalue weighted by Crippen LogP contribution is -2.18. The summed E-state index contributed by atoms with van der Waals surface area (Å²) < 4.78 is 18.0. The van der Waals surface area contributed by atoms with Crippen molar-refractivity contribution in [3.05, 3.63) is 23.5 Å². The average molecular weight is 195 g/mol. The Hall–Kier alpha value is -1.58. The Bertz CT molecular complexity index is 390. The maximum absolute atomic E-state index is 13.2. The molecule has 1 heterocycles. The van der Waals surface area contributed by atoms with Gasteiger partial charge in [-0.15, -0.1) is 0 Å². The topological polar surface area (TPSA) is 38.3 Å². The van der Waals surface area contributed by atoms with Gasteiger partial charge in [-0.2, -0.15) is 0 Å². The van der Waals surface area contributed by atoms with E-state index in [2.05, 4.69) is 5.32 Å². The zero-order valence-electron chi connectivity index (χ0n) is 7.76. The van der Waals surface area contributed by atoms with E-state index in [1.165, 1.54) is 19.2 Å². The number of anilines is 1. The summed E-state index contributed by atoms with van der Waals surface area (Å²) in [7, 11) is 1.38. The third kappa shape index (κ3) is 1.32. The van der Waals surface area contributed by atoms with E-state index in [9.17, 15) is 9.18 Å². The van der Waals surface area contributed by atoms with Gasteiger partial charge in [0.25, 0.3) is 0 Å². The molecule has 0 amide bonds. The summed E-state index contributed by atoms with van der Waals surface area (Å²) in [6.45, 7) is 0.567. The van der Waals surface area contributed by atoms with Gasteiger partial charge in [0.05, 0.1) is 7.11 Å². The summed E-state index contributed by atoms with van der Waals surface area (Å²) in [6.07, 6.45) is 0.446. The van der Waals surface area contributed by atoms with Crippen molar-refractivity contribution in [3.8, 4) is 5.75 Å². The van der Waals surface area contributed by atoms with E-state index in [4.69, 9.17) is 4.74 Å². The molecular weight excluding hydrogens is 185 g/mol. The van der Waals surface area contributed by atoms with Crippen molar-refractivity contribution in [2.45, 2.75) is 6.42 Å². The number of halogens is 1. The third-order valence-electron chi connectivity index (χ3n) is 2.26. The number of benzene rings is 1. The molecule has 0 aliphatic carbocycles. The molecule has 0 saturated carbocycles. The summed E-state index contributed by atoms with van der Waals surface area (Å²) in [4.78, 5) is 11.4. The lowest BCUT2D eigenvalue weighted by atomic mass is 10.0. The van der Waals surface area contributed by atoms with Crippen LogP contribution < -0.4 is 10.1 Å². The molecule has 1 aromatic carbocycles. The van der Waals surface area contributed by atoms with Crippen molar-refractivity contribution in [1.29, 1.82) is 0 Å². The lowest BCUT2D eigenvalue weighted by molar-refractivity contribution is 0.0983. The zero-order chi connectivity index (χ0) is 10.1. The molecule has 0 aromatic heterocycles. The standard InChI is InChI=1S/C10H10FNO2/c1-14-10-4-6-8(5-7(10)11)12-3-2-9(6)13/h4-5,12H,2-3H2,1H3. The second-order valence-electron chi connectivity index (χ2n) is 3.13. The molecule has 0 saturated heterocycles. The summed E-state index contributed by atoms with van der Waals surface area (Å²) in [5.41, 5.74) is 1.06. The fourth-order valence-corrected chi connectivity index (χ4v) is 1.53. The van der Waals surface area contributed by atoms with Crippen molar-refractivity contribution >= 4 is 11.5 Å². The number of ether oxygens (including phenoxy) is 1. The number of rotatable bonds is 1. The molecule has 1 N–H and O–H groups in total. The Labute approximate surface area is 80.9 Å². The number of ketones is 1. The molecule has 0 spiro atoms. The number of Topliss-reactive ketones (excluding diaryl/α,β-unsaturated/α-hetero) is 1. The van der Waals surface area contributed by atoms with Gasteiger partial charge < -0.3 is 10.1 Å². The van der Waals surface area contributed by atoms with Crippen molar-refractivity contribution in [2.24, 2.45) is 0 Å². The second-order valence-corrected chi connectivity index (χ2v) is 3.13. The largest absolute Gasteiger partial charge is 0.494 e. The highest BCUT2D eigenvalue weighted by molar-refractivity contribution is 6.03. The monoisotopic (exact) mass is 195 g/mol. The number of hydrogen-bond donors (Lipinski definition) is 1. The molecule has 1 aromatic rings. The van der Waals surface area contributed by atoms with E-state index >= 15 is 0 Å². The minimum Gasteiger partial charge on any atom is -0.494 e. The third-order valence-corrected chi connectivity index (χ3v) is 2.26. The fourth-order valence-electron chi connectivity index (χ4n) is 1.53. The van der Waals surface area contributed by atoms with Gasteiger partial charge in [-0.05, 0) is 6.07 Å². The second kappa shape index (κ2) is 3.29. The minimum absolute atomic E-state index is 0.0250. The predicted octanol–water partition coefficient (Wildman–Crippen LogP) is 1.83. The highest BCUT2D eigenvalue weighted by Gasteiger charge is 2.19. The minimum atomic E-state index is -0.451. The Morgan fingerprint density at radius 3 is 3.00 bits per heavy atom. The van der Waals surface area contributed by atoms with Crippen LogP contribution in [-0.4, -0.2) is 19.4 Å². The van der Waals surface area contributed by atoms with Crippen LogP contribution in [0.1, 0.15) is 16.8 Å². The quantitative estimate of drug-likeness (QED) is 0.743. The van der Waals surface area contributed by atoms with Gasteiger partial charge in [0.1, 0.15) is 0 Å². The van der Waals surface area contributed by atoms with Crippen molar-refractivity contribution < 1.29 is 13.9 Å². The highest BCUT2D eigenvalue weighted by Crippen LogP contribution is 2.28. The van der Waals surface area contributed by atoms with Crippen molar-refractivity contribution in [2.75, 3.05) is 19.0 Å². The van der Waals surface area contributed by atoms with Gasteiger partial charge >= 0.3 is 0 Å². The van der Waals surface area contributed by atoms with Gasteiger partial charge in [-0.3, -0.25) is 4.79 Å². The first-order chi connectivity index (χ1) is 6.72. The summed E-state index contributed by atoms with van der Waals surface area (Å²) >= 11 is 0. The van der Waals surface area contributed by atoms with E-state index in [1.807, 2.05) is 0 Å². The Morgan fingerprint density at radius 1 is 1.50 bits per heavy atom. The molecule has 0 atom stereocenters. The Kier molecular flexibility index (Phi) is 2.11. The number of carbonyl (C=O) groups excluding carboxylic acids is 1.